The molecule has 0 aliphatic rings. The molecule has 0 aliphatic carbocycles. The molecule has 3 nitrogen and oxygen atoms in total. The van der Waals surface area contributed by atoms with Crippen LogP contribution in [-0.4, -0.2) is 11.5 Å². The van der Waals surface area contributed by atoms with Crippen molar-refractivity contribution < 1.29 is 4.74 Å². The molecule has 2 rings (SSSR count). The summed E-state index contributed by atoms with van der Waals surface area (Å²) in [5, 5.41) is 4.11. The highest BCUT2D eigenvalue weighted by Gasteiger charge is 2.03. The Kier molecular flexibility index (Phi) is 5.59. The molecule has 1 N–H and O–H groups in total. The molecule has 0 unspecified atom stereocenters. The van der Waals surface area contributed by atoms with Gasteiger partial charge in [0.1, 0.15) is 5.75 Å². The van der Waals surface area contributed by atoms with Crippen LogP contribution in [0.1, 0.15) is 25.1 Å². The van der Waals surface area contributed by atoms with E-state index in [1.807, 2.05) is 43.3 Å². The number of ether oxygens (including phenoxy) is 1. The van der Waals surface area contributed by atoms with Crippen molar-refractivity contribution in [1.29, 1.82) is 0 Å². The summed E-state index contributed by atoms with van der Waals surface area (Å²) < 4.78 is 5.78. The van der Waals surface area contributed by atoms with Gasteiger partial charge in [-0.15, -0.1) is 0 Å². The van der Waals surface area contributed by atoms with Gasteiger partial charge in [0.15, 0.2) is 0 Å². The number of hydrogen-bond donors (Lipinski definition) is 1. The van der Waals surface area contributed by atoms with Crippen molar-refractivity contribution >= 4 is 11.6 Å². The molecule has 0 radical (unpaired) electrons. The van der Waals surface area contributed by atoms with Crippen LogP contribution < -0.4 is 10.1 Å². The number of nitrogens with one attached hydrogen (secondary N) is 1. The molecule has 0 saturated heterocycles. The van der Waals surface area contributed by atoms with E-state index in [1.165, 1.54) is 0 Å². The molecule has 0 bridgehead atoms. The Morgan fingerprint density at radius 1 is 1.24 bits per heavy atom. The molecule has 4 heteroatoms. The van der Waals surface area contributed by atoms with Gasteiger partial charge in [-0.05, 0) is 49.2 Å². The van der Waals surface area contributed by atoms with Gasteiger partial charge >= 0.3 is 0 Å². The molecular weight excluding hydrogens is 284 g/mol. The number of aromatic nitrogens is 1. The summed E-state index contributed by atoms with van der Waals surface area (Å²) in [4.78, 5) is 4.50. The Morgan fingerprint density at radius 2 is 2.05 bits per heavy atom. The van der Waals surface area contributed by atoms with Crippen molar-refractivity contribution in [2.24, 2.45) is 5.92 Å². The van der Waals surface area contributed by atoms with E-state index in [2.05, 4.69) is 24.1 Å². The second-order valence-corrected chi connectivity index (χ2v) is 5.91. The quantitative estimate of drug-likeness (QED) is 0.848. The first-order valence-corrected chi connectivity index (χ1v) is 7.53. The molecule has 21 heavy (non-hydrogen) atoms. The van der Waals surface area contributed by atoms with Crippen molar-refractivity contribution in [3.8, 4) is 11.6 Å². The summed E-state index contributed by atoms with van der Waals surface area (Å²) in [6, 6.07) is 11.4. The van der Waals surface area contributed by atoms with Crippen LogP contribution in [0.2, 0.25) is 5.02 Å². The largest absolute Gasteiger partial charge is 0.439 e. The molecule has 0 aliphatic heterocycles. The Bertz CT molecular complexity index is 599. The summed E-state index contributed by atoms with van der Waals surface area (Å²) in [6.07, 6.45) is 0. The predicted molar refractivity (Wildman–Crippen MR) is 87.0 cm³/mol. The highest BCUT2D eigenvalue weighted by molar-refractivity contribution is 6.31. The van der Waals surface area contributed by atoms with Gasteiger partial charge in [0.25, 0.3) is 0 Å². The number of hydrogen-bond acceptors (Lipinski definition) is 3. The Morgan fingerprint density at radius 3 is 2.76 bits per heavy atom. The van der Waals surface area contributed by atoms with Crippen LogP contribution in [0.4, 0.5) is 0 Å². The van der Waals surface area contributed by atoms with Crippen molar-refractivity contribution in [3.05, 3.63) is 52.7 Å². The second kappa shape index (κ2) is 7.43. The second-order valence-electron chi connectivity index (χ2n) is 5.50. The van der Waals surface area contributed by atoms with Gasteiger partial charge in [-0.3, -0.25) is 0 Å². The van der Waals surface area contributed by atoms with Gasteiger partial charge in [0, 0.05) is 17.6 Å². The maximum absolute atomic E-state index is 6.01. The molecule has 0 fully saturated rings. The number of nitrogens with zero attached hydrogens (tertiary/aromatic N) is 1. The van der Waals surface area contributed by atoms with E-state index >= 15 is 0 Å². The number of rotatable bonds is 6. The number of pyridine rings is 1. The van der Waals surface area contributed by atoms with Crippen LogP contribution in [0.5, 0.6) is 11.6 Å². The third-order valence-corrected chi connectivity index (χ3v) is 3.42. The number of aryl methyl sites for hydroxylation is 1. The molecule has 1 heterocycles. The van der Waals surface area contributed by atoms with Crippen LogP contribution in [0.15, 0.2) is 36.4 Å². The normalized spacial score (nSPS) is 10.9. The van der Waals surface area contributed by atoms with E-state index in [1.54, 1.807) is 0 Å². The standard InChI is InChI=1S/C17H21ClN2O/c1-12(2)10-19-11-14-5-4-6-17(20-14)21-15-7-8-16(18)13(3)9-15/h4-9,12,19H,10-11H2,1-3H3. The lowest BCUT2D eigenvalue weighted by Gasteiger charge is -2.09. The van der Waals surface area contributed by atoms with Crippen molar-refractivity contribution in [2.45, 2.75) is 27.3 Å². The van der Waals surface area contributed by atoms with E-state index < -0.39 is 0 Å². The van der Waals surface area contributed by atoms with Gasteiger partial charge in [-0.25, -0.2) is 4.98 Å². The molecule has 0 saturated carbocycles. The molecule has 0 amide bonds. The minimum Gasteiger partial charge on any atom is -0.439 e. The predicted octanol–water partition coefficient (Wildman–Crippen LogP) is 4.58. The average molecular weight is 305 g/mol. The summed E-state index contributed by atoms with van der Waals surface area (Å²) in [7, 11) is 0. The Hall–Kier alpha value is -1.58. The smallest absolute Gasteiger partial charge is 0.219 e. The van der Waals surface area contributed by atoms with Crippen LogP contribution in [0, 0.1) is 12.8 Å². The lowest BCUT2D eigenvalue weighted by Crippen LogP contribution is -2.19. The van der Waals surface area contributed by atoms with E-state index in [0.717, 1.165) is 35.1 Å². The fraction of sp³-hybridized carbons (Fsp3) is 0.353. The van der Waals surface area contributed by atoms with Gasteiger partial charge < -0.3 is 10.1 Å². The van der Waals surface area contributed by atoms with Gasteiger partial charge in [0.05, 0.1) is 5.69 Å². The SMILES string of the molecule is Cc1cc(Oc2cccc(CNCC(C)C)n2)ccc1Cl. The summed E-state index contributed by atoms with van der Waals surface area (Å²) in [5.41, 5.74) is 1.96. The van der Waals surface area contributed by atoms with Crippen molar-refractivity contribution in [1.82, 2.24) is 10.3 Å². The van der Waals surface area contributed by atoms with E-state index in [4.69, 9.17) is 16.3 Å². The third-order valence-electron chi connectivity index (χ3n) is 2.99. The third kappa shape index (κ3) is 5.03. The lowest BCUT2D eigenvalue weighted by atomic mass is 10.2. The zero-order chi connectivity index (χ0) is 15.2. The number of halogens is 1. The molecule has 1 aromatic heterocycles. The molecule has 0 atom stereocenters. The fourth-order valence-electron chi connectivity index (χ4n) is 1.90. The molecule has 112 valence electrons. The maximum Gasteiger partial charge on any atom is 0.219 e. The van der Waals surface area contributed by atoms with Crippen molar-refractivity contribution in [2.75, 3.05) is 6.54 Å². The Balaban J connectivity index is 2.01. The van der Waals surface area contributed by atoms with Crippen LogP contribution in [0.3, 0.4) is 0 Å². The van der Waals surface area contributed by atoms with Crippen LogP contribution >= 0.6 is 11.6 Å². The zero-order valence-electron chi connectivity index (χ0n) is 12.7. The summed E-state index contributed by atoms with van der Waals surface area (Å²) >= 11 is 6.01. The van der Waals surface area contributed by atoms with E-state index in [9.17, 15) is 0 Å². The zero-order valence-corrected chi connectivity index (χ0v) is 13.4. The van der Waals surface area contributed by atoms with Crippen molar-refractivity contribution in [3.63, 3.8) is 0 Å². The first-order valence-electron chi connectivity index (χ1n) is 7.15. The minimum atomic E-state index is 0.598. The topological polar surface area (TPSA) is 34.1 Å². The fourth-order valence-corrected chi connectivity index (χ4v) is 2.02. The van der Waals surface area contributed by atoms with E-state index in [-0.39, 0.29) is 0 Å². The minimum absolute atomic E-state index is 0.598. The highest BCUT2D eigenvalue weighted by Crippen LogP contribution is 2.24. The van der Waals surface area contributed by atoms with Crippen LogP contribution in [0.25, 0.3) is 0 Å². The van der Waals surface area contributed by atoms with Gasteiger partial charge in [0.2, 0.25) is 5.88 Å². The molecular formula is C17H21ClN2O. The maximum atomic E-state index is 6.01. The first-order chi connectivity index (χ1) is 10.0. The lowest BCUT2D eigenvalue weighted by molar-refractivity contribution is 0.458. The summed E-state index contributed by atoms with van der Waals surface area (Å²) in [5.74, 6) is 1.97. The first kappa shape index (κ1) is 15.8. The molecule has 1 aromatic carbocycles. The average Bonchev–Trinajstić information content (AvgIpc) is 2.43. The number of benzene rings is 1. The van der Waals surface area contributed by atoms with Gasteiger partial charge in [-0.1, -0.05) is 31.5 Å². The monoisotopic (exact) mass is 304 g/mol. The van der Waals surface area contributed by atoms with Gasteiger partial charge in [-0.2, -0.15) is 0 Å². The Labute approximate surface area is 131 Å². The molecule has 2 aromatic rings. The van der Waals surface area contributed by atoms with Crippen LogP contribution in [-0.2, 0) is 6.54 Å². The summed E-state index contributed by atoms with van der Waals surface area (Å²) in [6.45, 7) is 8.04. The molecule has 0 spiro atoms. The highest BCUT2D eigenvalue weighted by atomic mass is 35.5. The van der Waals surface area contributed by atoms with E-state index in [0.29, 0.717) is 11.8 Å².